The van der Waals surface area contributed by atoms with Crippen molar-refractivity contribution in [1.82, 2.24) is 9.13 Å². The first-order valence-electron chi connectivity index (χ1n) is 11.0. The molecule has 0 radical (unpaired) electrons. The second-order valence-electron chi connectivity index (χ2n) is 9.63. The number of nitrogens with zero attached hydrogens (tertiary/aromatic N) is 3. The molecule has 5 heteroatoms. The van der Waals surface area contributed by atoms with Gasteiger partial charge in [-0.05, 0) is 69.1 Å². The van der Waals surface area contributed by atoms with E-state index >= 15 is 0 Å². The van der Waals surface area contributed by atoms with Crippen LogP contribution in [0, 0.1) is 23.2 Å². The van der Waals surface area contributed by atoms with Gasteiger partial charge < -0.3 is 0 Å². The molecule has 1 aliphatic heterocycles. The van der Waals surface area contributed by atoms with Crippen LogP contribution in [0.1, 0.15) is 70.8 Å². The molecule has 4 fully saturated rings. The fourth-order valence-electron chi connectivity index (χ4n) is 6.98. The van der Waals surface area contributed by atoms with E-state index in [1.165, 1.54) is 48.8 Å². The van der Waals surface area contributed by atoms with Gasteiger partial charge in [0.15, 0.2) is 0 Å². The van der Waals surface area contributed by atoms with Crippen LogP contribution in [0.4, 0.5) is 5.82 Å². The van der Waals surface area contributed by atoms with Crippen molar-refractivity contribution in [2.45, 2.75) is 84.7 Å². The molecule has 0 N–H and O–H groups in total. The van der Waals surface area contributed by atoms with Crippen LogP contribution in [0.25, 0.3) is 0 Å². The van der Waals surface area contributed by atoms with E-state index in [1.807, 2.05) is 6.92 Å². The van der Waals surface area contributed by atoms with E-state index in [2.05, 4.69) is 6.92 Å². The molecule has 5 nitrogen and oxygen atoms in total. The normalized spacial score (nSPS) is 33.4. The molecule has 0 aromatic carbocycles. The van der Waals surface area contributed by atoms with E-state index in [4.69, 9.17) is 4.99 Å². The summed E-state index contributed by atoms with van der Waals surface area (Å²) in [5, 5.41) is 0. The Kier molecular flexibility index (Phi) is 3.99. The topological polar surface area (TPSA) is 56.4 Å². The number of aliphatic imine (C=N–C) groups is 1. The highest BCUT2D eigenvalue weighted by Crippen LogP contribution is 2.61. The van der Waals surface area contributed by atoms with Gasteiger partial charge in [-0.3, -0.25) is 13.9 Å². The van der Waals surface area contributed by atoms with Gasteiger partial charge in [-0.15, -0.1) is 0 Å². The highest BCUT2D eigenvalue weighted by atomic mass is 16.2. The summed E-state index contributed by atoms with van der Waals surface area (Å²) in [7, 11) is 0. The first kappa shape index (κ1) is 17.4. The Balaban J connectivity index is 1.60. The van der Waals surface area contributed by atoms with E-state index in [0.717, 1.165) is 36.2 Å². The molecule has 27 heavy (non-hydrogen) atoms. The number of hydrogen-bond acceptors (Lipinski definition) is 3. The number of hydrogen-bond donors (Lipinski definition) is 0. The van der Waals surface area contributed by atoms with Crippen LogP contribution in [0.2, 0.25) is 0 Å². The smallest absolute Gasteiger partial charge is 0.278 e. The maximum atomic E-state index is 13.1. The Bertz CT molecular complexity index is 885. The molecule has 6 rings (SSSR count). The van der Waals surface area contributed by atoms with Crippen LogP contribution in [0.15, 0.2) is 14.6 Å². The van der Waals surface area contributed by atoms with Gasteiger partial charge in [0.1, 0.15) is 5.82 Å². The standard InChI is InChI=1S/C22H31N3O2/c1-3-5-24-19-17(20(26)25(6-4-2)21(24)27)10-18(23-19)22-11-14-7-15(12-22)9-16(8-14)13-22/h14-16H,3-13H2,1-2H3. The van der Waals surface area contributed by atoms with Crippen molar-refractivity contribution in [3.8, 4) is 0 Å². The lowest BCUT2D eigenvalue weighted by Crippen LogP contribution is -2.50. The molecule has 1 aromatic heterocycles. The third-order valence-electron chi connectivity index (χ3n) is 7.62. The lowest BCUT2D eigenvalue weighted by molar-refractivity contribution is -0.0129. The molecule has 4 saturated carbocycles. The van der Waals surface area contributed by atoms with Gasteiger partial charge in [-0.25, -0.2) is 9.79 Å². The molecule has 2 heterocycles. The second kappa shape index (κ2) is 6.18. The molecule has 1 aromatic rings. The lowest BCUT2D eigenvalue weighted by atomic mass is 9.48. The van der Waals surface area contributed by atoms with Crippen LogP contribution in [-0.2, 0) is 19.5 Å². The van der Waals surface area contributed by atoms with E-state index in [1.54, 1.807) is 4.57 Å². The fourth-order valence-corrected chi connectivity index (χ4v) is 6.98. The van der Waals surface area contributed by atoms with Crippen molar-refractivity contribution in [3.05, 3.63) is 26.4 Å². The average Bonchev–Trinajstić information content (AvgIpc) is 3.07. The van der Waals surface area contributed by atoms with Crippen molar-refractivity contribution in [3.63, 3.8) is 0 Å². The molecule has 0 amide bonds. The molecule has 0 saturated heterocycles. The van der Waals surface area contributed by atoms with Gasteiger partial charge in [0.25, 0.3) is 5.56 Å². The maximum absolute atomic E-state index is 13.1. The third kappa shape index (κ3) is 2.53. The van der Waals surface area contributed by atoms with Crippen LogP contribution in [0.5, 0.6) is 0 Å². The van der Waals surface area contributed by atoms with E-state index in [9.17, 15) is 9.59 Å². The summed E-state index contributed by atoms with van der Waals surface area (Å²) in [5.74, 6) is 3.26. The van der Waals surface area contributed by atoms with Crippen molar-refractivity contribution in [1.29, 1.82) is 0 Å². The predicted octanol–water partition coefficient (Wildman–Crippen LogP) is 3.68. The van der Waals surface area contributed by atoms with Gasteiger partial charge in [0.2, 0.25) is 0 Å². The average molecular weight is 370 g/mol. The largest absolute Gasteiger partial charge is 0.332 e. The Labute approximate surface area is 160 Å². The molecule has 0 unspecified atom stereocenters. The van der Waals surface area contributed by atoms with E-state index in [-0.39, 0.29) is 16.7 Å². The number of fused-ring (bicyclic) bond motifs is 1. The Morgan fingerprint density at radius 3 is 2.04 bits per heavy atom. The quantitative estimate of drug-likeness (QED) is 0.795. The molecular weight excluding hydrogens is 338 g/mol. The van der Waals surface area contributed by atoms with Crippen LogP contribution >= 0.6 is 0 Å². The SMILES string of the molecule is CCCn1c2c(c(=O)n(CCC)c1=O)CC(C13CC4CC(CC(C4)C1)C3)=N2. The molecule has 0 atom stereocenters. The zero-order valence-electron chi connectivity index (χ0n) is 16.7. The van der Waals surface area contributed by atoms with Gasteiger partial charge in [-0.1, -0.05) is 13.8 Å². The summed E-state index contributed by atoms with van der Waals surface area (Å²) in [6.07, 6.45) is 10.3. The minimum atomic E-state index is -0.169. The molecule has 4 aliphatic carbocycles. The third-order valence-corrected chi connectivity index (χ3v) is 7.62. The van der Waals surface area contributed by atoms with Crippen molar-refractivity contribution >= 4 is 11.5 Å². The van der Waals surface area contributed by atoms with E-state index < -0.39 is 0 Å². The summed E-state index contributed by atoms with van der Waals surface area (Å²) in [6.45, 7) is 5.23. The van der Waals surface area contributed by atoms with Crippen LogP contribution < -0.4 is 11.2 Å². The Morgan fingerprint density at radius 1 is 0.926 bits per heavy atom. The number of aromatic nitrogens is 2. The van der Waals surface area contributed by atoms with Crippen molar-refractivity contribution in [2.24, 2.45) is 28.2 Å². The summed E-state index contributed by atoms with van der Waals surface area (Å²) in [5.41, 5.74) is 1.96. The summed E-state index contributed by atoms with van der Waals surface area (Å²) >= 11 is 0. The Morgan fingerprint density at radius 2 is 1.48 bits per heavy atom. The molecular formula is C22H31N3O2. The zero-order chi connectivity index (χ0) is 18.8. The van der Waals surface area contributed by atoms with Crippen LogP contribution in [0.3, 0.4) is 0 Å². The highest BCUT2D eigenvalue weighted by molar-refractivity contribution is 5.98. The maximum Gasteiger partial charge on any atom is 0.332 e. The van der Waals surface area contributed by atoms with E-state index in [0.29, 0.717) is 25.3 Å². The molecule has 146 valence electrons. The van der Waals surface area contributed by atoms with Crippen molar-refractivity contribution < 1.29 is 0 Å². The minimum Gasteiger partial charge on any atom is -0.278 e. The summed E-state index contributed by atoms with van der Waals surface area (Å²) < 4.78 is 3.23. The second-order valence-corrected chi connectivity index (χ2v) is 9.63. The Hall–Kier alpha value is -1.65. The predicted molar refractivity (Wildman–Crippen MR) is 107 cm³/mol. The fraction of sp³-hybridized carbons (Fsp3) is 0.773. The number of rotatable bonds is 5. The zero-order valence-corrected chi connectivity index (χ0v) is 16.7. The summed E-state index contributed by atoms with van der Waals surface area (Å²) in [4.78, 5) is 31.1. The molecule has 0 spiro atoms. The van der Waals surface area contributed by atoms with Gasteiger partial charge in [0.05, 0.1) is 5.56 Å². The van der Waals surface area contributed by atoms with Crippen LogP contribution in [-0.4, -0.2) is 14.8 Å². The molecule has 4 bridgehead atoms. The summed E-state index contributed by atoms with van der Waals surface area (Å²) in [6, 6.07) is 0. The van der Waals surface area contributed by atoms with Crippen molar-refractivity contribution in [2.75, 3.05) is 0 Å². The van der Waals surface area contributed by atoms with Gasteiger partial charge in [0, 0.05) is 30.6 Å². The minimum absolute atomic E-state index is 0.0901. The highest BCUT2D eigenvalue weighted by Gasteiger charge is 2.54. The first-order valence-corrected chi connectivity index (χ1v) is 11.0. The monoisotopic (exact) mass is 369 g/mol. The molecule has 5 aliphatic rings. The first-order chi connectivity index (χ1) is 13.0. The lowest BCUT2D eigenvalue weighted by Gasteiger charge is -2.56. The van der Waals surface area contributed by atoms with Gasteiger partial charge >= 0.3 is 5.69 Å². The van der Waals surface area contributed by atoms with Gasteiger partial charge in [-0.2, -0.15) is 0 Å².